The molecule has 3 N–H and O–H groups in total. The van der Waals surface area contributed by atoms with Crippen LogP contribution in [0.1, 0.15) is 33.4 Å². The molecule has 21 heavy (non-hydrogen) atoms. The zero-order valence-electron chi connectivity index (χ0n) is 11.7. The van der Waals surface area contributed by atoms with Gasteiger partial charge in [0, 0.05) is 4.88 Å². The Bertz CT molecular complexity index is 776. The van der Waals surface area contributed by atoms with E-state index in [1.54, 1.807) is 13.0 Å². The molecule has 0 amide bonds. The van der Waals surface area contributed by atoms with Gasteiger partial charge in [0.25, 0.3) is 10.0 Å². The fourth-order valence-corrected chi connectivity index (χ4v) is 5.48. The van der Waals surface area contributed by atoms with Crippen molar-refractivity contribution in [2.75, 3.05) is 0 Å². The van der Waals surface area contributed by atoms with Crippen LogP contribution in [0.2, 0.25) is 0 Å². The lowest BCUT2D eigenvalue weighted by Gasteiger charge is -2.12. The van der Waals surface area contributed by atoms with Crippen molar-refractivity contribution in [3.63, 3.8) is 0 Å². The number of thiazole rings is 1. The predicted molar refractivity (Wildman–Crippen MR) is 90.5 cm³/mol. The average Bonchev–Trinajstić information content (AvgIpc) is 2.95. The molecule has 1 atom stereocenters. The van der Waals surface area contributed by atoms with Gasteiger partial charge in [-0.1, -0.05) is 12.2 Å². The van der Waals surface area contributed by atoms with Gasteiger partial charge in [0.05, 0.1) is 21.6 Å². The van der Waals surface area contributed by atoms with Crippen LogP contribution in [0.4, 0.5) is 0 Å². The van der Waals surface area contributed by atoms with Crippen LogP contribution in [0.15, 0.2) is 16.3 Å². The van der Waals surface area contributed by atoms with Crippen molar-refractivity contribution < 1.29 is 8.42 Å². The van der Waals surface area contributed by atoms with E-state index in [1.807, 2.05) is 13.8 Å². The molecule has 0 spiro atoms. The van der Waals surface area contributed by atoms with Crippen LogP contribution in [0.5, 0.6) is 0 Å². The smallest absolute Gasteiger partial charge is 0.250 e. The molecule has 2 heterocycles. The number of thiophene rings is 1. The Kier molecular flexibility index (Phi) is 4.79. The van der Waals surface area contributed by atoms with E-state index in [4.69, 9.17) is 18.0 Å². The van der Waals surface area contributed by atoms with Crippen LogP contribution in [-0.2, 0) is 10.0 Å². The van der Waals surface area contributed by atoms with E-state index < -0.39 is 10.0 Å². The summed E-state index contributed by atoms with van der Waals surface area (Å²) in [7, 11) is -3.60. The number of sulfonamides is 1. The maximum atomic E-state index is 12.4. The average molecular weight is 362 g/mol. The van der Waals surface area contributed by atoms with Gasteiger partial charge in [0.15, 0.2) is 0 Å². The summed E-state index contributed by atoms with van der Waals surface area (Å²) in [6.45, 7) is 5.58. The lowest BCUT2D eigenvalue weighted by Crippen LogP contribution is -2.26. The molecule has 0 aliphatic rings. The van der Waals surface area contributed by atoms with Gasteiger partial charge in [-0.05, 0) is 32.9 Å². The number of nitrogens with zero attached hydrogens (tertiary/aromatic N) is 1. The van der Waals surface area contributed by atoms with Crippen LogP contribution < -0.4 is 10.5 Å². The van der Waals surface area contributed by atoms with E-state index in [9.17, 15) is 8.42 Å². The van der Waals surface area contributed by atoms with Crippen LogP contribution in [0.25, 0.3) is 0 Å². The highest BCUT2D eigenvalue weighted by Crippen LogP contribution is 2.27. The van der Waals surface area contributed by atoms with Crippen molar-refractivity contribution in [2.45, 2.75) is 31.0 Å². The zero-order valence-corrected chi connectivity index (χ0v) is 15.0. The number of nitrogens with one attached hydrogen (secondary N) is 1. The largest absolute Gasteiger partial charge is 0.389 e. The lowest BCUT2D eigenvalue weighted by molar-refractivity contribution is 0.570. The molecule has 2 aromatic rings. The molecule has 0 aliphatic heterocycles. The molecular weight excluding hydrogens is 346 g/mol. The molecule has 114 valence electrons. The third-order valence-electron chi connectivity index (χ3n) is 2.75. The number of nitrogens with two attached hydrogens (primary N) is 1. The summed E-state index contributed by atoms with van der Waals surface area (Å²) in [5.74, 6) is 0. The molecule has 0 aliphatic carbocycles. The highest BCUT2D eigenvalue weighted by Gasteiger charge is 2.23. The molecular formula is C12H15N3O2S4. The SMILES string of the molecule is Cc1nc(C)c(C(C)NS(=O)(=O)c2ccc(C(N)=S)s2)s1. The van der Waals surface area contributed by atoms with Gasteiger partial charge in [-0.25, -0.2) is 18.1 Å². The van der Waals surface area contributed by atoms with Crippen LogP contribution in [0.3, 0.4) is 0 Å². The lowest BCUT2D eigenvalue weighted by atomic mass is 10.2. The van der Waals surface area contributed by atoms with Crippen molar-refractivity contribution in [1.29, 1.82) is 0 Å². The molecule has 0 radical (unpaired) electrons. The van der Waals surface area contributed by atoms with Crippen molar-refractivity contribution in [3.8, 4) is 0 Å². The third-order valence-corrected chi connectivity index (χ3v) is 7.51. The van der Waals surface area contributed by atoms with E-state index in [0.717, 1.165) is 26.9 Å². The van der Waals surface area contributed by atoms with Gasteiger partial charge in [-0.15, -0.1) is 22.7 Å². The predicted octanol–water partition coefficient (Wildman–Crippen LogP) is 2.50. The summed E-state index contributed by atoms with van der Waals surface area (Å²) in [4.78, 5) is 6.02. The molecule has 1 unspecified atom stereocenters. The molecule has 0 saturated heterocycles. The summed E-state index contributed by atoms with van der Waals surface area (Å²) in [5.41, 5.74) is 6.36. The molecule has 2 aromatic heterocycles. The first-order chi connectivity index (χ1) is 9.70. The van der Waals surface area contributed by atoms with E-state index in [0.29, 0.717) is 4.88 Å². The topological polar surface area (TPSA) is 85.1 Å². The van der Waals surface area contributed by atoms with Crippen molar-refractivity contribution in [3.05, 3.63) is 32.6 Å². The quantitative estimate of drug-likeness (QED) is 0.799. The summed E-state index contributed by atoms with van der Waals surface area (Å²) in [6.07, 6.45) is 0. The van der Waals surface area contributed by atoms with Crippen LogP contribution in [0, 0.1) is 13.8 Å². The van der Waals surface area contributed by atoms with Crippen molar-refractivity contribution in [2.24, 2.45) is 5.73 Å². The van der Waals surface area contributed by atoms with E-state index in [-0.39, 0.29) is 15.2 Å². The highest BCUT2D eigenvalue weighted by atomic mass is 32.2. The summed E-state index contributed by atoms with van der Waals surface area (Å²) in [5, 5.41) is 0.917. The Morgan fingerprint density at radius 2 is 2.05 bits per heavy atom. The molecule has 0 aromatic carbocycles. The maximum absolute atomic E-state index is 12.4. The minimum Gasteiger partial charge on any atom is -0.389 e. The fraction of sp³-hybridized carbons (Fsp3) is 0.333. The molecule has 2 rings (SSSR count). The molecule has 5 nitrogen and oxygen atoms in total. The van der Waals surface area contributed by atoms with Crippen molar-refractivity contribution >= 4 is 49.9 Å². The minimum absolute atomic E-state index is 0.198. The van der Waals surface area contributed by atoms with Gasteiger partial charge in [-0.3, -0.25) is 0 Å². The monoisotopic (exact) mass is 361 g/mol. The Morgan fingerprint density at radius 1 is 1.38 bits per heavy atom. The second-order valence-electron chi connectivity index (χ2n) is 4.51. The van der Waals surface area contributed by atoms with E-state index >= 15 is 0 Å². The first kappa shape index (κ1) is 16.5. The minimum atomic E-state index is -3.60. The molecule has 0 fully saturated rings. The first-order valence-electron chi connectivity index (χ1n) is 6.06. The zero-order chi connectivity index (χ0) is 15.8. The molecule has 9 heteroatoms. The third kappa shape index (κ3) is 3.67. The highest BCUT2D eigenvalue weighted by molar-refractivity contribution is 7.91. The Balaban J connectivity index is 2.24. The van der Waals surface area contributed by atoms with E-state index in [2.05, 4.69) is 9.71 Å². The summed E-state index contributed by atoms with van der Waals surface area (Å²) < 4.78 is 27.6. The second-order valence-corrected chi connectivity index (χ2v) is 9.21. The van der Waals surface area contributed by atoms with Gasteiger partial charge >= 0.3 is 0 Å². The first-order valence-corrected chi connectivity index (χ1v) is 9.59. The van der Waals surface area contributed by atoms with Gasteiger partial charge in [0.2, 0.25) is 0 Å². The van der Waals surface area contributed by atoms with E-state index in [1.165, 1.54) is 17.4 Å². The van der Waals surface area contributed by atoms with Crippen LogP contribution in [-0.4, -0.2) is 18.4 Å². The Labute approximate surface area is 137 Å². The fourth-order valence-electron chi connectivity index (χ4n) is 1.89. The number of aryl methyl sites for hydroxylation is 2. The Hall–Kier alpha value is -0.870. The second kappa shape index (κ2) is 6.09. The number of rotatable bonds is 5. The number of thiocarbonyl (C=S) groups is 1. The molecule has 0 saturated carbocycles. The van der Waals surface area contributed by atoms with Gasteiger partial charge in [0.1, 0.15) is 9.20 Å². The normalized spacial score (nSPS) is 13.3. The number of hydrogen-bond donors (Lipinski definition) is 2. The van der Waals surface area contributed by atoms with Gasteiger partial charge in [-0.2, -0.15) is 0 Å². The molecule has 0 bridgehead atoms. The van der Waals surface area contributed by atoms with Crippen molar-refractivity contribution in [1.82, 2.24) is 9.71 Å². The number of hydrogen-bond acceptors (Lipinski definition) is 6. The number of aromatic nitrogens is 1. The standard InChI is InChI=1S/C12H15N3O2S4/c1-6-11(19-8(3)14-6)7(2)15-21(16,17)10-5-4-9(20-10)12(13)18/h4-5,7,15H,1-3H3,(H2,13,18). The maximum Gasteiger partial charge on any atom is 0.250 e. The van der Waals surface area contributed by atoms with Crippen LogP contribution >= 0.6 is 34.9 Å². The Morgan fingerprint density at radius 3 is 2.52 bits per heavy atom. The van der Waals surface area contributed by atoms with Gasteiger partial charge < -0.3 is 5.73 Å². The summed E-state index contributed by atoms with van der Waals surface area (Å²) >= 11 is 7.41. The summed E-state index contributed by atoms with van der Waals surface area (Å²) in [6, 6.07) is 2.80.